The molecule has 0 atom stereocenters. The van der Waals surface area contributed by atoms with Gasteiger partial charge in [0.1, 0.15) is 0 Å². The summed E-state index contributed by atoms with van der Waals surface area (Å²) in [5, 5.41) is 0. The Morgan fingerprint density at radius 2 is 1.04 bits per heavy atom. The van der Waals surface area contributed by atoms with Crippen LogP contribution in [0.25, 0.3) is 0 Å². The van der Waals surface area contributed by atoms with Gasteiger partial charge < -0.3 is 0 Å². The van der Waals surface area contributed by atoms with Gasteiger partial charge in [0.15, 0.2) is 0 Å². The van der Waals surface area contributed by atoms with Crippen molar-refractivity contribution in [1.82, 2.24) is 0 Å². The number of hydrogen-bond donors (Lipinski definition) is 0. The first kappa shape index (κ1) is 43.8. The molecule has 25 heavy (non-hydrogen) atoms. The van der Waals surface area contributed by atoms with Crippen molar-refractivity contribution in [2.24, 2.45) is 0 Å². The maximum Gasteiger partial charge on any atom is -0.0168 e. The summed E-state index contributed by atoms with van der Waals surface area (Å²) in [5.74, 6) is 0. The highest BCUT2D eigenvalue weighted by Gasteiger charge is 1.86. The maximum absolute atomic E-state index is 3.27. The van der Waals surface area contributed by atoms with Crippen molar-refractivity contribution in [2.75, 3.05) is 0 Å². The van der Waals surface area contributed by atoms with E-state index in [0.717, 1.165) is 6.42 Å². The summed E-state index contributed by atoms with van der Waals surface area (Å²) in [7, 11) is 0. The smallest absolute Gasteiger partial charge is 0.0168 e. The summed E-state index contributed by atoms with van der Waals surface area (Å²) in [4.78, 5) is 0. The molecular formula is C25H54. The van der Waals surface area contributed by atoms with Gasteiger partial charge in [0.05, 0.1) is 0 Å². The summed E-state index contributed by atoms with van der Waals surface area (Å²) in [6.07, 6.45) is 7.32. The molecule has 0 aliphatic carbocycles. The number of hydrogen-bond acceptors (Lipinski definition) is 0. The van der Waals surface area contributed by atoms with E-state index in [9.17, 15) is 0 Å². The quantitative estimate of drug-likeness (QED) is 0.268. The number of rotatable bonds is 3. The molecule has 0 aromatic carbocycles. The van der Waals surface area contributed by atoms with Gasteiger partial charge in [0.25, 0.3) is 0 Å². The van der Waals surface area contributed by atoms with Crippen molar-refractivity contribution in [3.8, 4) is 0 Å². The van der Waals surface area contributed by atoms with Gasteiger partial charge in [0.2, 0.25) is 0 Å². The molecule has 0 N–H and O–H groups in total. The van der Waals surface area contributed by atoms with E-state index in [4.69, 9.17) is 0 Å². The summed E-state index contributed by atoms with van der Waals surface area (Å²) in [6, 6.07) is 0. The maximum atomic E-state index is 3.27. The highest BCUT2D eigenvalue weighted by Crippen LogP contribution is 2.06. The summed E-state index contributed by atoms with van der Waals surface area (Å²) >= 11 is 0. The molecule has 0 radical (unpaired) electrons. The van der Waals surface area contributed by atoms with Crippen molar-refractivity contribution in [2.45, 2.75) is 110 Å². The molecule has 0 heterocycles. The third-order valence-corrected chi connectivity index (χ3v) is 2.10. The lowest BCUT2D eigenvalue weighted by molar-refractivity contribution is 1.10. The van der Waals surface area contributed by atoms with Crippen molar-refractivity contribution in [1.29, 1.82) is 0 Å². The Balaban J connectivity index is -0.0000000454. The molecule has 0 bridgehead atoms. The van der Waals surface area contributed by atoms with Gasteiger partial charge in [-0.1, -0.05) is 88.3 Å². The van der Waals surface area contributed by atoms with Gasteiger partial charge in [-0.05, 0) is 56.9 Å². The molecule has 0 rings (SSSR count). The van der Waals surface area contributed by atoms with Crippen LogP contribution in [0.4, 0.5) is 0 Å². The van der Waals surface area contributed by atoms with E-state index in [-0.39, 0.29) is 0 Å². The standard InChI is InChI=1S/C13H20.5C2H6.C2H4/c1-6-8-12(4)13(5)10-9-11(3)7-2;6*1-2/h6,8,10H,7H2,1-5H3;5*1-2H3;1-2H2/b8-6+,13-12-;;;;;;. The van der Waals surface area contributed by atoms with Gasteiger partial charge in [-0.3, -0.25) is 0 Å². The predicted molar refractivity (Wildman–Crippen MR) is 129 cm³/mol. The fraction of sp³-hybridized carbons (Fsp3) is 0.640. The normalized spacial score (nSPS) is 7.80. The molecule has 0 aromatic rings. The molecule has 154 valence electrons. The molecule has 0 amide bonds. The monoisotopic (exact) mass is 354 g/mol. The van der Waals surface area contributed by atoms with Crippen molar-refractivity contribution in [3.05, 3.63) is 53.8 Å². The van der Waals surface area contributed by atoms with E-state index < -0.39 is 0 Å². The zero-order valence-corrected chi connectivity index (χ0v) is 20.9. The first-order valence-corrected chi connectivity index (χ1v) is 10.3. The first-order chi connectivity index (χ1) is 12.1. The zero-order valence-electron chi connectivity index (χ0n) is 20.9. The second kappa shape index (κ2) is 66.2. The van der Waals surface area contributed by atoms with Crippen LogP contribution in [0.15, 0.2) is 53.8 Å². The van der Waals surface area contributed by atoms with Crippen LogP contribution >= 0.6 is 0 Å². The van der Waals surface area contributed by atoms with Crippen LogP contribution in [0, 0.1) is 0 Å². The Hall–Kier alpha value is -1.26. The first-order valence-electron chi connectivity index (χ1n) is 10.3. The average Bonchev–Trinajstić information content (AvgIpc) is 2.74. The second-order valence-electron chi connectivity index (χ2n) is 3.29. The van der Waals surface area contributed by atoms with Crippen LogP contribution in [0.3, 0.4) is 0 Å². The SMILES string of the molecule is C/C=C/C(C)=C(/C)C=C=C(C)CC.C=C.CC.CC.CC.CC.CC. The summed E-state index contributed by atoms with van der Waals surface area (Å²) < 4.78 is 0. The fourth-order valence-electron chi connectivity index (χ4n) is 0.829. The molecule has 0 aliphatic rings. The Morgan fingerprint density at radius 1 is 0.720 bits per heavy atom. The van der Waals surface area contributed by atoms with Crippen LogP contribution < -0.4 is 0 Å². The molecule has 0 aromatic heterocycles. The molecule has 0 aliphatic heterocycles. The predicted octanol–water partition coefficient (Wildman–Crippen LogP) is 10.3. The van der Waals surface area contributed by atoms with E-state index >= 15 is 0 Å². The third kappa shape index (κ3) is 60.3. The Labute approximate surface area is 164 Å². The Morgan fingerprint density at radius 3 is 1.28 bits per heavy atom. The van der Waals surface area contributed by atoms with Gasteiger partial charge in [-0.25, -0.2) is 0 Å². The van der Waals surface area contributed by atoms with Gasteiger partial charge in [-0.2, -0.15) is 0 Å². The van der Waals surface area contributed by atoms with E-state index in [0.29, 0.717) is 0 Å². The average molecular weight is 355 g/mol. The molecule has 0 saturated carbocycles. The molecular weight excluding hydrogens is 300 g/mol. The van der Waals surface area contributed by atoms with Crippen LogP contribution in [-0.4, -0.2) is 0 Å². The summed E-state index contributed by atoms with van der Waals surface area (Å²) in [5.41, 5.74) is 7.16. The van der Waals surface area contributed by atoms with Crippen molar-refractivity contribution < 1.29 is 0 Å². The molecule has 0 fully saturated rings. The van der Waals surface area contributed by atoms with Gasteiger partial charge in [0, 0.05) is 0 Å². The number of allylic oxidation sites excluding steroid dienone is 5. The van der Waals surface area contributed by atoms with Gasteiger partial charge >= 0.3 is 0 Å². The van der Waals surface area contributed by atoms with Gasteiger partial charge in [-0.15, -0.1) is 18.9 Å². The largest absolute Gasteiger partial charge is 0.122 e. The summed E-state index contributed by atoms with van der Waals surface area (Å²) in [6.45, 7) is 36.5. The van der Waals surface area contributed by atoms with Crippen LogP contribution in [0.2, 0.25) is 0 Å². The Bertz CT molecular complexity index is 281. The van der Waals surface area contributed by atoms with E-state index in [1.807, 2.05) is 76.2 Å². The molecule has 0 unspecified atom stereocenters. The minimum Gasteiger partial charge on any atom is -0.122 e. The topological polar surface area (TPSA) is 0 Å². The van der Waals surface area contributed by atoms with E-state index in [1.54, 1.807) is 0 Å². The highest BCUT2D eigenvalue weighted by atomic mass is 13.9. The minimum atomic E-state index is 1.08. The molecule has 0 heteroatoms. The van der Waals surface area contributed by atoms with E-state index in [1.165, 1.54) is 16.7 Å². The van der Waals surface area contributed by atoms with Crippen molar-refractivity contribution >= 4 is 0 Å². The van der Waals surface area contributed by atoms with E-state index in [2.05, 4.69) is 64.8 Å². The highest BCUT2D eigenvalue weighted by molar-refractivity contribution is 5.30. The molecule has 0 nitrogen and oxygen atoms in total. The lowest BCUT2D eigenvalue weighted by Crippen LogP contribution is -1.75. The van der Waals surface area contributed by atoms with Crippen LogP contribution in [0.1, 0.15) is 110 Å². The second-order valence-corrected chi connectivity index (χ2v) is 3.29. The third-order valence-electron chi connectivity index (χ3n) is 2.10. The lowest BCUT2D eigenvalue weighted by Gasteiger charge is -1.95. The lowest BCUT2D eigenvalue weighted by atomic mass is 10.1. The molecule has 0 saturated heterocycles. The van der Waals surface area contributed by atoms with Crippen molar-refractivity contribution in [3.63, 3.8) is 0 Å². The minimum absolute atomic E-state index is 1.08. The fourth-order valence-corrected chi connectivity index (χ4v) is 0.829. The Kier molecular flexibility index (Phi) is 116. The van der Waals surface area contributed by atoms with Crippen LogP contribution in [0.5, 0.6) is 0 Å². The molecule has 0 spiro atoms. The van der Waals surface area contributed by atoms with Crippen LogP contribution in [-0.2, 0) is 0 Å². The zero-order chi connectivity index (χ0) is 22.3.